The van der Waals surface area contributed by atoms with Gasteiger partial charge >= 0.3 is 0 Å². The average Bonchev–Trinajstić information content (AvgIpc) is 3.10. The molecule has 2 heterocycles. The Bertz CT molecular complexity index is 630. The molecule has 0 aliphatic carbocycles. The van der Waals surface area contributed by atoms with E-state index in [1.807, 2.05) is 31.2 Å². The van der Waals surface area contributed by atoms with Crippen molar-refractivity contribution < 1.29 is 4.79 Å². The van der Waals surface area contributed by atoms with Crippen molar-refractivity contribution in [3.63, 3.8) is 0 Å². The Balaban J connectivity index is 1.66. The van der Waals surface area contributed by atoms with Crippen LogP contribution in [-0.4, -0.2) is 34.2 Å². The maximum Gasteiger partial charge on any atom is 0.224 e. The van der Waals surface area contributed by atoms with Gasteiger partial charge in [0, 0.05) is 17.7 Å². The van der Waals surface area contributed by atoms with E-state index in [1.54, 1.807) is 0 Å². The first-order chi connectivity index (χ1) is 10.2. The molecule has 3 rings (SSSR count). The molecule has 0 bridgehead atoms. The molecule has 1 fully saturated rings. The average molecular weight is 285 g/mol. The van der Waals surface area contributed by atoms with Crippen molar-refractivity contribution in [1.82, 2.24) is 20.5 Å². The lowest BCUT2D eigenvalue weighted by Gasteiger charge is -2.09. The van der Waals surface area contributed by atoms with Gasteiger partial charge in [-0.25, -0.2) is 4.98 Å². The van der Waals surface area contributed by atoms with Crippen molar-refractivity contribution in [1.29, 1.82) is 0 Å². The molecule has 1 amide bonds. The first-order valence-electron chi connectivity index (χ1n) is 7.21. The molecule has 21 heavy (non-hydrogen) atoms. The normalized spacial score (nSPS) is 17.9. The lowest BCUT2D eigenvalue weighted by atomic mass is 10.0. The number of hydrogen-bond donors (Lipinski definition) is 3. The molecule has 3 N–H and O–H groups in total. The van der Waals surface area contributed by atoms with Crippen LogP contribution in [0.2, 0.25) is 0 Å². The van der Waals surface area contributed by atoms with E-state index in [1.165, 1.54) is 0 Å². The van der Waals surface area contributed by atoms with Gasteiger partial charge in [-0.2, -0.15) is 5.10 Å². The predicted octanol–water partition coefficient (Wildman–Crippen LogP) is 1.72. The van der Waals surface area contributed by atoms with Crippen LogP contribution in [0.3, 0.4) is 0 Å². The van der Waals surface area contributed by atoms with E-state index in [4.69, 9.17) is 0 Å². The van der Waals surface area contributed by atoms with Gasteiger partial charge in [-0.15, -0.1) is 0 Å². The molecule has 0 radical (unpaired) electrons. The summed E-state index contributed by atoms with van der Waals surface area (Å²) in [4.78, 5) is 16.3. The summed E-state index contributed by atoms with van der Waals surface area (Å²) in [5.74, 6) is 1.92. The zero-order valence-corrected chi connectivity index (χ0v) is 12.0. The van der Waals surface area contributed by atoms with Crippen LogP contribution >= 0.6 is 0 Å². The number of nitrogens with one attached hydrogen (secondary N) is 3. The molecule has 1 saturated heterocycles. The van der Waals surface area contributed by atoms with Gasteiger partial charge in [-0.1, -0.05) is 12.1 Å². The molecule has 1 aliphatic rings. The molecule has 0 spiro atoms. The van der Waals surface area contributed by atoms with Gasteiger partial charge in [0.1, 0.15) is 5.82 Å². The van der Waals surface area contributed by atoms with E-state index in [0.29, 0.717) is 18.2 Å². The van der Waals surface area contributed by atoms with E-state index in [9.17, 15) is 4.79 Å². The van der Waals surface area contributed by atoms with E-state index < -0.39 is 0 Å². The first-order valence-corrected chi connectivity index (χ1v) is 7.21. The Kier molecular flexibility index (Phi) is 3.96. The zero-order chi connectivity index (χ0) is 14.7. The molecular weight excluding hydrogens is 266 g/mol. The van der Waals surface area contributed by atoms with Gasteiger partial charge in [0.25, 0.3) is 0 Å². The monoisotopic (exact) mass is 285 g/mol. The van der Waals surface area contributed by atoms with Gasteiger partial charge in [0.2, 0.25) is 5.91 Å². The second kappa shape index (κ2) is 6.05. The van der Waals surface area contributed by atoms with E-state index in [2.05, 4.69) is 25.8 Å². The Morgan fingerprint density at radius 1 is 1.48 bits per heavy atom. The second-order valence-corrected chi connectivity index (χ2v) is 5.44. The number of amides is 1. The van der Waals surface area contributed by atoms with E-state index in [-0.39, 0.29) is 5.91 Å². The summed E-state index contributed by atoms with van der Waals surface area (Å²) >= 11 is 0. The molecule has 1 aromatic heterocycles. The summed E-state index contributed by atoms with van der Waals surface area (Å²) in [7, 11) is 0. The molecule has 110 valence electrons. The van der Waals surface area contributed by atoms with Gasteiger partial charge in [-0.3, -0.25) is 9.89 Å². The topological polar surface area (TPSA) is 82.7 Å². The number of carbonyl (C=O) groups is 1. The van der Waals surface area contributed by atoms with Crippen LogP contribution in [0.15, 0.2) is 24.3 Å². The van der Waals surface area contributed by atoms with Crippen LogP contribution in [0.4, 0.5) is 5.69 Å². The number of aryl methyl sites for hydroxylation is 1. The first kappa shape index (κ1) is 13.8. The minimum atomic E-state index is 0.0621. The molecular formula is C15H19N5O. The molecule has 1 aromatic carbocycles. The number of benzene rings is 1. The van der Waals surface area contributed by atoms with E-state index in [0.717, 1.165) is 36.6 Å². The molecule has 1 unspecified atom stereocenters. The highest BCUT2D eigenvalue weighted by molar-refractivity contribution is 5.91. The van der Waals surface area contributed by atoms with Crippen LogP contribution < -0.4 is 10.6 Å². The quantitative estimate of drug-likeness (QED) is 0.798. The van der Waals surface area contributed by atoms with Crippen LogP contribution in [0, 0.1) is 12.8 Å². The van der Waals surface area contributed by atoms with E-state index >= 15 is 0 Å². The number of aromatic nitrogens is 3. The Labute approximate surface area is 123 Å². The van der Waals surface area contributed by atoms with Gasteiger partial charge in [-0.05, 0) is 44.5 Å². The zero-order valence-electron chi connectivity index (χ0n) is 12.0. The fourth-order valence-corrected chi connectivity index (χ4v) is 2.57. The van der Waals surface area contributed by atoms with Gasteiger partial charge in [0.05, 0.1) is 0 Å². The van der Waals surface area contributed by atoms with Crippen LogP contribution in [0.1, 0.15) is 18.7 Å². The lowest BCUT2D eigenvalue weighted by Crippen LogP contribution is -2.18. The summed E-state index contributed by atoms with van der Waals surface area (Å²) in [5.41, 5.74) is 1.67. The third-order valence-electron chi connectivity index (χ3n) is 3.64. The molecule has 1 aliphatic heterocycles. The lowest BCUT2D eigenvalue weighted by molar-refractivity contribution is -0.116. The summed E-state index contributed by atoms with van der Waals surface area (Å²) in [5, 5.41) is 13.2. The fourth-order valence-electron chi connectivity index (χ4n) is 2.57. The van der Waals surface area contributed by atoms with Crippen molar-refractivity contribution in [2.24, 2.45) is 5.92 Å². The van der Waals surface area contributed by atoms with Crippen molar-refractivity contribution in [3.8, 4) is 11.4 Å². The number of anilines is 1. The Hall–Kier alpha value is -2.21. The van der Waals surface area contributed by atoms with Gasteiger partial charge in [0.15, 0.2) is 5.82 Å². The van der Waals surface area contributed by atoms with Crippen molar-refractivity contribution in [2.45, 2.75) is 19.8 Å². The Morgan fingerprint density at radius 2 is 2.38 bits per heavy atom. The largest absolute Gasteiger partial charge is 0.326 e. The highest BCUT2D eigenvalue weighted by Gasteiger charge is 2.18. The summed E-state index contributed by atoms with van der Waals surface area (Å²) in [6.45, 7) is 3.80. The maximum atomic E-state index is 12.0. The second-order valence-electron chi connectivity index (χ2n) is 5.44. The molecule has 2 aromatic rings. The maximum absolute atomic E-state index is 12.0. The highest BCUT2D eigenvalue weighted by Crippen LogP contribution is 2.20. The van der Waals surface area contributed by atoms with Crippen molar-refractivity contribution in [3.05, 3.63) is 30.1 Å². The highest BCUT2D eigenvalue weighted by atomic mass is 16.1. The predicted molar refractivity (Wildman–Crippen MR) is 80.8 cm³/mol. The van der Waals surface area contributed by atoms with Crippen LogP contribution in [-0.2, 0) is 4.79 Å². The SMILES string of the molecule is Cc1nc(-c2cccc(NC(=O)CC3CCNC3)c2)n[nH]1. The molecule has 6 heteroatoms. The van der Waals surface area contributed by atoms with Crippen LogP contribution in [0.25, 0.3) is 11.4 Å². The third kappa shape index (κ3) is 3.46. The van der Waals surface area contributed by atoms with Crippen molar-refractivity contribution in [2.75, 3.05) is 18.4 Å². The Morgan fingerprint density at radius 3 is 3.10 bits per heavy atom. The minimum Gasteiger partial charge on any atom is -0.326 e. The molecule has 6 nitrogen and oxygen atoms in total. The number of hydrogen-bond acceptors (Lipinski definition) is 4. The molecule has 1 atom stereocenters. The molecule has 0 saturated carbocycles. The number of H-pyrrole nitrogens is 1. The smallest absolute Gasteiger partial charge is 0.224 e. The van der Waals surface area contributed by atoms with Crippen molar-refractivity contribution >= 4 is 11.6 Å². The van der Waals surface area contributed by atoms with Crippen LogP contribution in [0.5, 0.6) is 0 Å². The number of nitrogens with zero attached hydrogens (tertiary/aromatic N) is 2. The fraction of sp³-hybridized carbons (Fsp3) is 0.400. The number of rotatable bonds is 4. The number of carbonyl (C=O) groups excluding carboxylic acids is 1. The summed E-state index contributed by atoms with van der Waals surface area (Å²) in [6.07, 6.45) is 1.64. The summed E-state index contributed by atoms with van der Waals surface area (Å²) in [6, 6.07) is 7.61. The summed E-state index contributed by atoms with van der Waals surface area (Å²) < 4.78 is 0. The van der Waals surface area contributed by atoms with Gasteiger partial charge < -0.3 is 10.6 Å². The standard InChI is InChI=1S/C15H19N5O/c1-10-17-15(20-19-10)12-3-2-4-13(8-12)18-14(21)7-11-5-6-16-9-11/h2-4,8,11,16H,5-7,9H2,1H3,(H,18,21)(H,17,19,20). The minimum absolute atomic E-state index is 0.0621. The third-order valence-corrected chi connectivity index (χ3v) is 3.64. The number of aromatic amines is 1.